The molecule has 0 saturated heterocycles. The smallest absolute Gasteiger partial charge is 0.337 e. The van der Waals surface area contributed by atoms with Gasteiger partial charge in [0.1, 0.15) is 11.6 Å². The highest BCUT2D eigenvalue weighted by atomic mass is 19.1. The number of aromatic nitrogens is 2. The van der Waals surface area contributed by atoms with Gasteiger partial charge < -0.3 is 14.8 Å². The lowest BCUT2D eigenvalue weighted by Crippen LogP contribution is -2.18. The molecule has 4 rings (SSSR count). The van der Waals surface area contributed by atoms with Crippen LogP contribution in [0, 0.1) is 12.7 Å². The van der Waals surface area contributed by atoms with Gasteiger partial charge in [0.05, 0.1) is 27.9 Å². The van der Waals surface area contributed by atoms with Gasteiger partial charge in [0, 0.05) is 29.9 Å². The summed E-state index contributed by atoms with van der Waals surface area (Å²) in [6.45, 7) is 3.64. The minimum absolute atomic E-state index is 0.0979. The summed E-state index contributed by atoms with van der Waals surface area (Å²) < 4.78 is 19.5. The van der Waals surface area contributed by atoms with E-state index < -0.39 is 11.8 Å². The van der Waals surface area contributed by atoms with E-state index in [1.54, 1.807) is 25.3 Å². The molecule has 168 valence electrons. The molecule has 1 aromatic carbocycles. The Kier molecular flexibility index (Phi) is 5.91. The molecule has 3 heterocycles. The summed E-state index contributed by atoms with van der Waals surface area (Å²) >= 11 is 0. The number of rotatable bonds is 6. The fourth-order valence-corrected chi connectivity index (χ4v) is 3.79. The van der Waals surface area contributed by atoms with Crippen molar-refractivity contribution in [2.24, 2.45) is 0 Å². The van der Waals surface area contributed by atoms with Crippen molar-refractivity contribution in [2.75, 3.05) is 7.05 Å². The van der Waals surface area contributed by atoms with Gasteiger partial charge >= 0.3 is 5.97 Å². The average molecular weight is 447 g/mol. The Morgan fingerprint density at radius 3 is 2.52 bits per heavy atom. The number of carboxylic acid groups (broad SMARTS) is 1. The highest BCUT2D eigenvalue weighted by molar-refractivity contribution is 6.11. The van der Waals surface area contributed by atoms with Gasteiger partial charge in [-0.05, 0) is 49.7 Å². The van der Waals surface area contributed by atoms with Crippen LogP contribution in [0.1, 0.15) is 45.4 Å². The highest BCUT2D eigenvalue weighted by Gasteiger charge is 2.24. The van der Waals surface area contributed by atoms with Crippen molar-refractivity contribution in [2.45, 2.75) is 26.7 Å². The van der Waals surface area contributed by atoms with Crippen LogP contribution in [0.25, 0.3) is 33.6 Å². The Balaban J connectivity index is 2.01. The van der Waals surface area contributed by atoms with Gasteiger partial charge in [-0.3, -0.25) is 9.78 Å². The molecule has 0 bridgehead atoms. The average Bonchev–Trinajstić information content (AvgIpc) is 3.17. The fourth-order valence-electron chi connectivity index (χ4n) is 3.79. The lowest BCUT2D eigenvalue weighted by atomic mass is 9.98. The maximum atomic E-state index is 13.5. The lowest BCUT2D eigenvalue weighted by Gasteiger charge is -2.10. The first kappa shape index (κ1) is 22.1. The molecule has 33 heavy (non-hydrogen) atoms. The van der Waals surface area contributed by atoms with E-state index in [2.05, 4.69) is 15.3 Å². The van der Waals surface area contributed by atoms with Crippen LogP contribution < -0.4 is 5.32 Å². The van der Waals surface area contributed by atoms with Crippen molar-refractivity contribution in [1.29, 1.82) is 0 Å². The van der Waals surface area contributed by atoms with E-state index in [0.717, 1.165) is 6.42 Å². The molecule has 0 aliphatic rings. The topological polar surface area (TPSA) is 105 Å². The Labute approximate surface area is 189 Å². The number of nitrogens with one attached hydrogen (secondary N) is 1. The van der Waals surface area contributed by atoms with Crippen molar-refractivity contribution in [3.8, 4) is 22.5 Å². The molecular weight excluding hydrogens is 425 g/mol. The van der Waals surface area contributed by atoms with Crippen LogP contribution in [0.3, 0.4) is 0 Å². The van der Waals surface area contributed by atoms with Gasteiger partial charge in [-0.1, -0.05) is 13.3 Å². The molecule has 0 unspecified atom stereocenters. The quantitative estimate of drug-likeness (QED) is 0.430. The molecule has 4 aromatic rings. The Bertz CT molecular complexity index is 1380. The fraction of sp³-hybridized carbons (Fsp3) is 0.200. The second-order valence-electron chi connectivity index (χ2n) is 7.64. The Morgan fingerprint density at radius 2 is 1.88 bits per heavy atom. The third kappa shape index (κ3) is 4.07. The van der Waals surface area contributed by atoms with Crippen LogP contribution >= 0.6 is 0 Å². The van der Waals surface area contributed by atoms with Crippen molar-refractivity contribution in [3.63, 3.8) is 0 Å². The number of carbonyl (C=O) groups excluding carboxylic acids is 1. The van der Waals surface area contributed by atoms with Crippen molar-refractivity contribution < 1.29 is 23.5 Å². The normalized spacial score (nSPS) is 11.0. The number of carbonyl (C=O) groups is 2. The summed E-state index contributed by atoms with van der Waals surface area (Å²) in [5, 5.41) is 12.6. The van der Waals surface area contributed by atoms with Gasteiger partial charge in [-0.15, -0.1) is 0 Å². The molecule has 7 nitrogen and oxygen atoms in total. The number of aryl methyl sites for hydroxylation is 2. The largest absolute Gasteiger partial charge is 0.478 e. The predicted molar refractivity (Wildman–Crippen MR) is 122 cm³/mol. The molecule has 1 amide bonds. The summed E-state index contributed by atoms with van der Waals surface area (Å²) in [4.78, 5) is 33.4. The lowest BCUT2D eigenvalue weighted by molar-refractivity contribution is 0.0695. The molecule has 2 N–H and O–H groups in total. The van der Waals surface area contributed by atoms with Crippen LogP contribution in [0.2, 0.25) is 0 Å². The number of hydrogen-bond donors (Lipinski definition) is 2. The number of nitrogens with zero attached hydrogens (tertiary/aromatic N) is 2. The van der Waals surface area contributed by atoms with Gasteiger partial charge in [-0.2, -0.15) is 0 Å². The van der Waals surface area contributed by atoms with Crippen molar-refractivity contribution in [1.82, 2.24) is 15.3 Å². The van der Waals surface area contributed by atoms with Gasteiger partial charge in [0.2, 0.25) is 5.71 Å². The van der Waals surface area contributed by atoms with Crippen LogP contribution in [-0.4, -0.2) is 34.0 Å². The second-order valence-corrected chi connectivity index (χ2v) is 7.64. The number of halogens is 1. The second kappa shape index (κ2) is 8.82. The first-order chi connectivity index (χ1) is 15.8. The molecule has 0 radical (unpaired) electrons. The molecule has 0 atom stereocenters. The highest BCUT2D eigenvalue weighted by Crippen LogP contribution is 2.37. The van der Waals surface area contributed by atoms with Gasteiger partial charge in [0.15, 0.2) is 0 Å². The third-order valence-electron chi connectivity index (χ3n) is 5.44. The minimum atomic E-state index is -1.07. The number of aromatic carboxylic acids is 1. The number of hydrogen-bond acceptors (Lipinski definition) is 5. The molecule has 0 saturated carbocycles. The first-order valence-corrected chi connectivity index (χ1v) is 10.5. The number of carboxylic acids is 1. The molecule has 3 aromatic heterocycles. The Hall–Kier alpha value is -4.07. The molecule has 0 fully saturated rings. The Morgan fingerprint density at radius 1 is 1.15 bits per heavy atom. The van der Waals surface area contributed by atoms with Crippen molar-refractivity contribution in [3.05, 3.63) is 70.9 Å². The number of amides is 1. The van der Waals surface area contributed by atoms with Crippen LogP contribution in [-0.2, 0) is 6.42 Å². The number of benzene rings is 1. The molecular formula is C25H22FN3O4. The summed E-state index contributed by atoms with van der Waals surface area (Å²) in [7, 11) is 1.51. The maximum absolute atomic E-state index is 13.5. The molecule has 0 aliphatic carbocycles. The van der Waals surface area contributed by atoms with Crippen LogP contribution in [0.15, 0.2) is 47.0 Å². The number of fused-ring (bicyclic) bond motifs is 1. The maximum Gasteiger partial charge on any atom is 0.337 e. The summed E-state index contributed by atoms with van der Waals surface area (Å²) in [6, 6.07) is 9.01. The van der Waals surface area contributed by atoms with Gasteiger partial charge in [-0.25, -0.2) is 14.2 Å². The summed E-state index contributed by atoms with van der Waals surface area (Å²) in [6.07, 6.45) is 3.01. The zero-order chi connectivity index (χ0) is 23.7. The van der Waals surface area contributed by atoms with E-state index >= 15 is 0 Å². The molecule has 0 spiro atoms. The van der Waals surface area contributed by atoms with Gasteiger partial charge in [0.25, 0.3) is 5.91 Å². The number of pyridine rings is 2. The third-order valence-corrected chi connectivity index (χ3v) is 5.44. The summed E-state index contributed by atoms with van der Waals surface area (Å²) in [5.41, 5.74) is 3.56. The van der Waals surface area contributed by atoms with Crippen molar-refractivity contribution >= 4 is 23.0 Å². The van der Waals surface area contributed by atoms with E-state index in [0.29, 0.717) is 39.9 Å². The SMILES string of the molecule is CCCc1nc2oc(-c3ccc(F)cc3)c(C(=O)NC)c2cc1-c1cnc(C)c(C(=O)O)c1. The van der Waals surface area contributed by atoms with Crippen LogP contribution in [0.4, 0.5) is 4.39 Å². The minimum Gasteiger partial charge on any atom is -0.478 e. The predicted octanol–water partition coefficient (Wildman–Crippen LogP) is 5.01. The zero-order valence-electron chi connectivity index (χ0n) is 18.4. The number of furan rings is 1. The van der Waals surface area contributed by atoms with E-state index in [1.807, 2.05) is 6.92 Å². The zero-order valence-corrected chi connectivity index (χ0v) is 18.4. The van der Waals surface area contributed by atoms with E-state index in [9.17, 15) is 19.1 Å². The van der Waals surface area contributed by atoms with E-state index in [-0.39, 0.29) is 28.5 Å². The molecule has 8 heteroatoms. The van der Waals surface area contributed by atoms with E-state index in [4.69, 9.17) is 4.42 Å². The summed E-state index contributed by atoms with van der Waals surface area (Å²) in [5.74, 6) is -1.56. The van der Waals surface area contributed by atoms with E-state index in [1.165, 1.54) is 31.3 Å². The standard InChI is InChI=1S/C25H22FN3O4/c1-4-5-20-18(15-10-17(25(31)32)13(2)28-12-15)11-19-21(23(30)27-3)22(33-24(19)29-20)14-6-8-16(26)9-7-14/h6-12H,4-5H2,1-3H3,(H,27,30)(H,31,32). The molecule has 0 aliphatic heterocycles. The van der Waals surface area contributed by atoms with Crippen LogP contribution in [0.5, 0.6) is 0 Å². The monoisotopic (exact) mass is 447 g/mol. The first-order valence-electron chi connectivity index (χ1n) is 10.5.